The van der Waals surface area contributed by atoms with E-state index in [-0.39, 0.29) is 5.91 Å². The van der Waals surface area contributed by atoms with Crippen molar-refractivity contribution in [2.45, 2.75) is 45.4 Å². The number of carbonyl (C=O) groups excluding carboxylic acids is 1. The number of aryl methyl sites for hydroxylation is 1. The molecule has 2 aliphatic rings. The summed E-state index contributed by atoms with van der Waals surface area (Å²) in [6, 6.07) is 10.5. The number of nitrogens with zero attached hydrogens (tertiary/aromatic N) is 3. The molecule has 4 rings (SSSR count). The lowest BCUT2D eigenvalue weighted by Crippen LogP contribution is -2.34. The zero-order valence-electron chi connectivity index (χ0n) is 17.8. The van der Waals surface area contributed by atoms with Crippen molar-refractivity contribution in [3.05, 3.63) is 42.1 Å². The van der Waals surface area contributed by atoms with Crippen molar-refractivity contribution in [2.75, 3.05) is 41.4 Å². The first-order valence-corrected chi connectivity index (χ1v) is 11.2. The Morgan fingerprint density at radius 3 is 2.63 bits per heavy atom. The molecule has 1 fully saturated rings. The molecular weight excluding hydrogens is 376 g/mol. The summed E-state index contributed by atoms with van der Waals surface area (Å²) in [5.41, 5.74) is 4.36. The quantitative estimate of drug-likeness (QED) is 0.721. The van der Waals surface area contributed by atoms with Gasteiger partial charge in [-0.1, -0.05) is 0 Å². The van der Waals surface area contributed by atoms with Gasteiger partial charge in [-0.2, -0.15) is 0 Å². The molecule has 0 aliphatic carbocycles. The zero-order chi connectivity index (χ0) is 20.9. The van der Waals surface area contributed by atoms with Gasteiger partial charge in [-0.3, -0.25) is 4.79 Å². The first-order chi connectivity index (χ1) is 14.7. The highest BCUT2D eigenvalue weighted by Crippen LogP contribution is 2.31. The van der Waals surface area contributed by atoms with Crippen LogP contribution in [0.4, 0.5) is 22.9 Å². The number of nitrogens with one attached hydrogen (secondary N) is 1. The van der Waals surface area contributed by atoms with E-state index in [1.54, 1.807) is 0 Å². The average Bonchev–Trinajstić information content (AvgIpc) is 2.78. The molecular formula is C24H32N4O2. The van der Waals surface area contributed by atoms with Gasteiger partial charge in [0.05, 0.1) is 5.69 Å². The number of aliphatic hydroxyl groups excluding tert-OH is 1. The van der Waals surface area contributed by atoms with Crippen LogP contribution in [0, 0.1) is 5.92 Å². The summed E-state index contributed by atoms with van der Waals surface area (Å²) in [6.07, 6.45) is 7.69. The molecule has 2 aliphatic heterocycles. The van der Waals surface area contributed by atoms with E-state index in [9.17, 15) is 4.79 Å². The van der Waals surface area contributed by atoms with E-state index in [0.29, 0.717) is 19.6 Å². The molecule has 1 amide bonds. The summed E-state index contributed by atoms with van der Waals surface area (Å²) < 4.78 is 0. The maximum atomic E-state index is 12.2. The minimum absolute atomic E-state index is 0.187. The number of benzene rings is 1. The van der Waals surface area contributed by atoms with E-state index in [2.05, 4.69) is 39.5 Å². The molecule has 2 aromatic rings. The summed E-state index contributed by atoms with van der Waals surface area (Å²) >= 11 is 0. The van der Waals surface area contributed by atoms with E-state index in [0.717, 1.165) is 61.0 Å². The number of aliphatic hydroxyl groups is 1. The summed E-state index contributed by atoms with van der Waals surface area (Å²) in [5.74, 6) is 1.70. The van der Waals surface area contributed by atoms with Gasteiger partial charge in [0.1, 0.15) is 5.82 Å². The Bertz CT molecular complexity index is 860. The first kappa shape index (κ1) is 20.7. The number of pyridine rings is 1. The second-order valence-electron chi connectivity index (χ2n) is 8.30. The summed E-state index contributed by atoms with van der Waals surface area (Å²) in [5, 5.41) is 12.4. The Labute approximate surface area is 178 Å². The van der Waals surface area contributed by atoms with Gasteiger partial charge in [-0.05, 0) is 74.8 Å². The van der Waals surface area contributed by atoms with E-state index in [1.165, 1.54) is 18.5 Å². The van der Waals surface area contributed by atoms with Crippen LogP contribution in [-0.2, 0) is 11.2 Å². The Morgan fingerprint density at radius 2 is 1.93 bits per heavy atom. The number of piperidine rings is 1. The van der Waals surface area contributed by atoms with Crippen molar-refractivity contribution in [1.29, 1.82) is 0 Å². The smallest absolute Gasteiger partial charge is 0.227 e. The van der Waals surface area contributed by atoms with Gasteiger partial charge >= 0.3 is 0 Å². The molecule has 0 unspecified atom stereocenters. The maximum Gasteiger partial charge on any atom is 0.227 e. The molecule has 0 spiro atoms. The molecule has 160 valence electrons. The van der Waals surface area contributed by atoms with Crippen LogP contribution >= 0.6 is 0 Å². The van der Waals surface area contributed by atoms with Crippen molar-refractivity contribution in [3.8, 4) is 0 Å². The number of hydrogen-bond acceptors (Lipinski definition) is 5. The van der Waals surface area contributed by atoms with Crippen molar-refractivity contribution in [2.24, 2.45) is 5.92 Å². The molecule has 1 aromatic heterocycles. The van der Waals surface area contributed by atoms with Crippen LogP contribution in [0.2, 0.25) is 0 Å². The number of anilines is 4. The van der Waals surface area contributed by atoms with Gasteiger partial charge in [-0.15, -0.1) is 0 Å². The largest absolute Gasteiger partial charge is 0.396 e. The SMILES string of the molecule is CCN1C(=O)CCc2cnc(Nc3ccc(N4CCC(CCCO)CC4)cc3)cc21. The highest BCUT2D eigenvalue weighted by molar-refractivity contribution is 5.96. The Hall–Kier alpha value is -2.60. The molecule has 0 atom stereocenters. The highest BCUT2D eigenvalue weighted by atomic mass is 16.2. The lowest BCUT2D eigenvalue weighted by Gasteiger charge is -2.33. The standard InChI is InChI=1S/C24H32N4O2/c1-2-28-22-16-23(25-17-19(22)5-10-24(28)30)26-20-6-8-21(9-7-20)27-13-11-18(12-14-27)4-3-15-29/h6-9,16-18,29H,2-5,10-15H2,1H3,(H,25,26). The minimum Gasteiger partial charge on any atom is -0.396 e. The average molecular weight is 409 g/mol. The van der Waals surface area contributed by atoms with Gasteiger partial charge in [0, 0.05) is 56.3 Å². The summed E-state index contributed by atoms with van der Waals surface area (Å²) in [6.45, 7) is 5.15. The Morgan fingerprint density at radius 1 is 1.17 bits per heavy atom. The molecule has 0 radical (unpaired) electrons. The van der Waals surface area contributed by atoms with Crippen molar-refractivity contribution < 1.29 is 9.90 Å². The molecule has 1 saturated heterocycles. The molecule has 0 saturated carbocycles. The molecule has 6 heteroatoms. The van der Waals surface area contributed by atoms with Crippen LogP contribution in [0.15, 0.2) is 36.5 Å². The fourth-order valence-electron chi connectivity index (χ4n) is 4.61. The maximum absolute atomic E-state index is 12.2. The third kappa shape index (κ3) is 4.59. The lowest BCUT2D eigenvalue weighted by atomic mass is 9.92. The fraction of sp³-hybridized carbons (Fsp3) is 0.500. The summed E-state index contributed by atoms with van der Waals surface area (Å²) in [7, 11) is 0. The van der Waals surface area contributed by atoms with Gasteiger partial charge in [0.15, 0.2) is 0 Å². The lowest BCUT2D eigenvalue weighted by molar-refractivity contribution is -0.118. The number of rotatable bonds is 7. The molecule has 2 N–H and O–H groups in total. The van der Waals surface area contributed by atoms with Crippen LogP contribution in [-0.4, -0.2) is 42.2 Å². The fourth-order valence-corrected chi connectivity index (χ4v) is 4.61. The third-order valence-electron chi connectivity index (χ3n) is 6.37. The first-order valence-electron chi connectivity index (χ1n) is 11.2. The Balaban J connectivity index is 1.39. The van der Waals surface area contributed by atoms with Gasteiger partial charge < -0.3 is 20.2 Å². The third-order valence-corrected chi connectivity index (χ3v) is 6.37. The van der Waals surface area contributed by atoms with Crippen LogP contribution in [0.1, 0.15) is 44.6 Å². The second kappa shape index (κ2) is 9.47. The molecule has 6 nitrogen and oxygen atoms in total. The molecule has 0 bridgehead atoms. The number of amides is 1. The second-order valence-corrected chi connectivity index (χ2v) is 8.30. The topological polar surface area (TPSA) is 68.7 Å². The number of aromatic nitrogens is 1. The van der Waals surface area contributed by atoms with E-state index >= 15 is 0 Å². The van der Waals surface area contributed by atoms with Gasteiger partial charge in [0.2, 0.25) is 5.91 Å². The van der Waals surface area contributed by atoms with Gasteiger partial charge in [-0.25, -0.2) is 4.98 Å². The zero-order valence-corrected chi connectivity index (χ0v) is 17.8. The van der Waals surface area contributed by atoms with Gasteiger partial charge in [0.25, 0.3) is 0 Å². The van der Waals surface area contributed by atoms with Crippen LogP contribution in [0.5, 0.6) is 0 Å². The van der Waals surface area contributed by atoms with E-state index in [4.69, 9.17) is 5.11 Å². The van der Waals surface area contributed by atoms with Crippen molar-refractivity contribution >= 4 is 28.8 Å². The number of carbonyl (C=O) groups is 1. The molecule has 30 heavy (non-hydrogen) atoms. The normalized spacial score (nSPS) is 17.2. The monoisotopic (exact) mass is 408 g/mol. The molecule has 3 heterocycles. The van der Waals surface area contributed by atoms with Crippen LogP contribution in [0.3, 0.4) is 0 Å². The van der Waals surface area contributed by atoms with Crippen molar-refractivity contribution in [1.82, 2.24) is 4.98 Å². The Kier molecular flexibility index (Phi) is 6.53. The van der Waals surface area contributed by atoms with Crippen LogP contribution < -0.4 is 15.1 Å². The number of hydrogen-bond donors (Lipinski definition) is 2. The summed E-state index contributed by atoms with van der Waals surface area (Å²) in [4.78, 5) is 21.0. The predicted molar refractivity (Wildman–Crippen MR) is 122 cm³/mol. The molecule has 1 aromatic carbocycles. The minimum atomic E-state index is 0.187. The van der Waals surface area contributed by atoms with E-state index in [1.807, 2.05) is 24.1 Å². The number of fused-ring (bicyclic) bond motifs is 1. The predicted octanol–water partition coefficient (Wildman–Crippen LogP) is 4.11. The highest BCUT2D eigenvalue weighted by Gasteiger charge is 2.23. The van der Waals surface area contributed by atoms with E-state index < -0.39 is 0 Å². The van der Waals surface area contributed by atoms with Crippen LogP contribution in [0.25, 0.3) is 0 Å². The van der Waals surface area contributed by atoms with Crippen molar-refractivity contribution in [3.63, 3.8) is 0 Å².